The van der Waals surface area contributed by atoms with Crippen LogP contribution in [0.5, 0.6) is 0 Å². The zero-order valence-electron chi connectivity index (χ0n) is 19.5. The molecule has 7 heteroatoms. The largest absolute Gasteiger partial charge is 0.507 e. The highest BCUT2D eigenvalue weighted by molar-refractivity contribution is 6.27. The summed E-state index contributed by atoms with van der Waals surface area (Å²) >= 11 is 0. The van der Waals surface area contributed by atoms with Crippen molar-refractivity contribution in [2.24, 2.45) is 0 Å². The van der Waals surface area contributed by atoms with E-state index >= 15 is 0 Å². The fraction of sp³-hybridized carbons (Fsp3) is 0.500. The van der Waals surface area contributed by atoms with Crippen LogP contribution in [0.2, 0.25) is 0 Å². The Morgan fingerprint density at radius 1 is 1.09 bits per heavy atom. The first-order valence-corrected chi connectivity index (χ1v) is 11.9. The van der Waals surface area contributed by atoms with Gasteiger partial charge in [0.1, 0.15) is 17.9 Å². The number of Topliss-reactive ketones (excluding diaryl/α,β-unsaturated/α-hetero) is 1. The molecule has 7 nitrogen and oxygen atoms in total. The summed E-state index contributed by atoms with van der Waals surface area (Å²) in [4.78, 5) is 36.5. The molecule has 2 amide bonds. The number of carbonyl (C=O) groups is 3. The summed E-state index contributed by atoms with van der Waals surface area (Å²) in [5, 5.41) is 15.5. The van der Waals surface area contributed by atoms with Crippen molar-refractivity contribution >= 4 is 17.8 Å². The van der Waals surface area contributed by atoms with E-state index in [9.17, 15) is 19.5 Å². The molecular formula is C26H36N2O5. The van der Waals surface area contributed by atoms with Crippen molar-refractivity contribution in [3.63, 3.8) is 0 Å². The summed E-state index contributed by atoms with van der Waals surface area (Å²) in [5.74, 6) is -1.25. The van der Waals surface area contributed by atoms with E-state index in [0.717, 1.165) is 24.8 Å². The number of benzene rings is 1. The highest BCUT2D eigenvalue weighted by Crippen LogP contribution is 2.18. The molecule has 1 saturated heterocycles. The second-order valence-corrected chi connectivity index (χ2v) is 8.24. The van der Waals surface area contributed by atoms with Gasteiger partial charge in [0, 0.05) is 6.54 Å². The molecule has 33 heavy (non-hydrogen) atoms. The Balaban J connectivity index is 1.67. The van der Waals surface area contributed by atoms with Crippen LogP contribution in [0.15, 0.2) is 53.8 Å². The number of ketones is 1. The molecule has 0 aliphatic carbocycles. The molecule has 0 aromatic heterocycles. The molecular weight excluding hydrogens is 420 g/mol. The van der Waals surface area contributed by atoms with Gasteiger partial charge in [0.25, 0.3) is 5.91 Å². The smallest absolute Gasteiger partial charge is 0.407 e. The number of allylic oxidation sites excluding steroid dienone is 2. The lowest BCUT2D eigenvalue weighted by Gasteiger charge is -2.09. The molecule has 3 N–H and O–H groups in total. The van der Waals surface area contributed by atoms with Crippen LogP contribution in [0.1, 0.15) is 70.3 Å². The van der Waals surface area contributed by atoms with Crippen molar-refractivity contribution in [2.45, 2.75) is 77.4 Å². The van der Waals surface area contributed by atoms with Crippen LogP contribution < -0.4 is 10.6 Å². The lowest BCUT2D eigenvalue weighted by Crippen LogP contribution is -2.31. The van der Waals surface area contributed by atoms with Crippen LogP contribution in [-0.2, 0) is 20.9 Å². The summed E-state index contributed by atoms with van der Waals surface area (Å²) in [6.07, 6.45) is 11.5. The zero-order valence-corrected chi connectivity index (χ0v) is 19.5. The quantitative estimate of drug-likeness (QED) is 0.160. The predicted molar refractivity (Wildman–Crippen MR) is 128 cm³/mol. The SMILES string of the molecule is CCCCCCCCC=C/C(O)=C1\C(=O)NC(CCCNC(=O)OCc2ccccc2)C1=O. The number of amides is 2. The monoisotopic (exact) mass is 456 g/mol. The molecule has 1 aromatic carbocycles. The second kappa shape index (κ2) is 14.9. The third-order valence-corrected chi connectivity index (χ3v) is 5.50. The molecule has 2 rings (SSSR count). The van der Waals surface area contributed by atoms with Gasteiger partial charge in [-0.2, -0.15) is 0 Å². The first-order chi connectivity index (χ1) is 16.0. The van der Waals surface area contributed by atoms with E-state index < -0.39 is 23.8 Å². The fourth-order valence-corrected chi connectivity index (χ4v) is 3.62. The van der Waals surface area contributed by atoms with Crippen molar-refractivity contribution in [3.05, 3.63) is 59.4 Å². The average molecular weight is 457 g/mol. The van der Waals surface area contributed by atoms with Crippen LogP contribution in [0.3, 0.4) is 0 Å². The Morgan fingerprint density at radius 3 is 2.58 bits per heavy atom. The summed E-state index contributed by atoms with van der Waals surface area (Å²) < 4.78 is 5.13. The summed E-state index contributed by atoms with van der Waals surface area (Å²) in [6.45, 7) is 2.69. The minimum absolute atomic E-state index is 0.184. The topological polar surface area (TPSA) is 105 Å². The van der Waals surface area contributed by atoms with Crippen molar-refractivity contribution in [2.75, 3.05) is 6.54 Å². The first kappa shape index (κ1) is 26.2. The molecule has 0 spiro atoms. The van der Waals surface area contributed by atoms with E-state index in [0.29, 0.717) is 19.4 Å². The third kappa shape index (κ3) is 9.51. The minimum Gasteiger partial charge on any atom is -0.507 e. The van der Waals surface area contributed by atoms with Gasteiger partial charge in [-0.3, -0.25) is 9.59 Å². The summed E-state index contributed by atoms with van der Waals surface area (Å²) in [7, 11) is 0. The van der Waals surface area contributed by atoms with Crippen LogP contribution in [-0.4, -0.2) is 35.5 Å². The molecule has 1 unspecified atom stereocenters. The molecule has 1 fully saturated rings. The number of hydrogen-bond acceptors (Lipinski definition) is 5. The lowest BCUT2D eigenvalue weighted by molar-refractivity contribution is -0.117. The van der Waals surface area contributed by atoms with E-state index in [1.807, 2.05) is 30.3 Å². The number of rotatable bonds is 14. The van der Waals surface area contributed by atoms with E-state index in [1.54, 1.807) is 6.08 Å². The van der Waals surface area contributed by atoms with Crippen molar-refractivity contribution in [1.29, 1.82) is 0 Å². The molecule has 1 aromatic rings. The molecule has 1 heterocycles. The molecule has 0 bridgehead atoms. The maximum atomic E-state index is 12.5. The molecule has 1 aliphatic rings. The Bertz CT molecular complexity index is 832. The molecule has 1 atom stereocenters. The minimum atomic E-state index is -0.691. The van der Waals surface area contributed by atoms with Gasteiger partial charge in [0.05, 0.1) is 6.04 Å². The van der Waals surface area contributed by atoms with Crippen molar-refractivity contribution in [3.8, 4) is 0 Å². The van der Waals surface area contributed by atoms with Crippen LogP contribution >= 0.6 is 0 Å². The third-order valence-electron chi connectivity index (χ3n) is 5.50. The Hall–Kier alpha value is -3.09. The number of ether oxygens (including phenoxy) is 1. The van der Waals surface area contributed by atoms with Gasteiger partial charge in [-0.25, -0.2) is 4.79 Å². The Kier molecular flexibility index (Phi) is 11.8. The standard InChI is InChI=1S/C26H36N2O5/c1-2-3-4-5-6-7-8-12-17-22(29)23-24(30)21(28-25(23)31)16-13-18-27-26(32)33-19-20-14-10-9-11-15-20/h9-12,14-15,17,21,29H,2-8,13,16,18-19H2,1H3,(H,27,32)(H,28,31)/b17-12?,23-22+. The summed E-state index contributed by atoms with van der Waals surface area (Å²) in [6, 6.07) is 8.67. The van der Waals surface area contributed by atoms with Gasteiger partial charge < -0.3 is 20.5 Å². The van der Waals surface area contributed by atoms with Gasteiger partial charge in [-0.05, 0) is 37.3 Å². The van der Waals surface area contributed by atoms with Crippen molar-refractivity contribution < 1.29 is 24.2 Å². The van der Waals surface area contributed by atoms with Crippen molar-refractivity contribution in [1.82, 2.24) is 10.6 Å². The number of unbranched alkanes of at least 4 members (excludes halogenated alkanes) is 6. The number of aliphatic hydroxyl groups is 1. The van der Waals surface area contributed by atoms with Crippen LogP contribution in [0, 0.1) is 0 Å². The average Bonchev–Trinajstić information content (AvgIpc) is 3.10. The van der Waals surface area contributed by atoms with Gasteiger partial charge >= 0.3 is 6.09 Å². The van der Waals surface area contributed by atoms with Gasteiger partial charge in [-0.15, -0.1) is 0 Å². The van der Waals surface area contributed by atoms with E-state index in [-0.39, 0.29) is 17.9 Å². The Labute approximate surface area is 196 Å². The van der Waals surface area contributed by atoms with E-state index in [2.05, 4.69) is 17.6 Å². The number of alkyl carbamates (subject to hydrolysis) is 1. The Morgan fingerprint density at radius 2 is 1.82 bits per heavy atom. The molecule has 1 aliphatic heterocycles. The van der Waals surface area contributed by atoms with Crippen LogP contribution in [0.4, 0.5) is 4.79 Å². The predicted octanol–water partition coefficient (Wildman–Crippen LogP) is 4.88. The second-order valence-electron chi connectivity index (χ2n) is 8.24. The highest BCUT2D eigenvalue weighted by atomic mass is 16.5. The highest BCUT2D eigenvalue weighted by Gasteiger charge is 2.37. The van der Waals surface area contributed by atoms with Gasteiger partial charge in [0.2, 0.25) is 0 Å². The lowest BCUT2D eigenvalue weighted by atomic mass is 10.0. The maximum absolute atomic E-state index is 12.5. The number of hydrogen-bond donors (Lipinski definition) is 3. The van der Waals surface area contributed by atoms with Crippen LogP contribution in [0.25, 0.3) is 0 Å². The molecule has 0 radical (unpaired) electrons. The maximum Gasteiger partial charge on any atom is 0.407 e. The number of aliphatic hydroxyl groups excluding tert-OH is 1. The van der Waals surface area contributed by atoms with Gasteiger partial charge in [0.15, 0.2) is 5.78 Å². The number of carbonyl (C=O) groups excluding carboxylic acids is 3. The molecule has 180 valence electrons. The van der Waals surface area contributed by atoms with E-state index in [1.165, 1.54) is 31.8 Å². The van der Waals surface area contributed by atoms with Gasteiger partial charge in [-0.1, -0.05) is 75.4 Å². The first-order valence-electron chi connectivity index (χ1n) is 11.9. The number of nitrogens with one attached hydrogen (secondary N) is 2. The zero-order chi connectivity index (χ0) is 23.9. The normalized spacial score (nSPS) is 17.3. The van der Waals surface area contributed by atoms with E-state index in [4.69, 9.17) is 4.74 Å². The summed E-state index contributed by atoms with van der Waals surface area (Å²) in [5.41, 5.74) is 0.710. The molecule has 0 saturated carbocycles. The fourth-order valence-electron chi connectivity index (χ4n) is 3.62.